The van der Waals surface area contributed by atoms with Crippen LogP contribution >= 0.6 is 0 Å². The molecule has 4 rings (SSSR count). The summed E-state index contributed by atoms with van der Waals surface area (Å²) < 4.78 is 28.7. The number of fused-ring (bicyclic) bond motifs is 1. The Morgan fingerprint density at radius 3 is 2.30 bits per heavy atom. The van der Waals surface area contributed by atoms with E-state index in [4.69, 9.17) is 0 Å². The van der Waals surface area contributed by atoms with Crippen molar-refractivity contribution in [3.63, 3.8) is 0 Å². The highest BCUT2D eigenvalue weighted by Crippen LogP contribution is 2.30. The first-order chi connectivity index (χ1) is 14.4. The van der Waals surface area contributed by atoms with Crippen LogP contribution in [0.5, 0.6) is 0 Å². The number of amides is 1. The summed E-state index contributed by atoms with van der Waals surface area (Å²) in [7, 11) is -3.62. The van der Waals surface area contributed by atoms with Crippen molar-refractivity contribution in [1.29, 1.82) is 0 Å². The molecule has 2 aromatic rings. The minimum atomic E-state index is -3.62. The van der Waals surface area contributed by atoms with Crippen molar-refractivity contribution in [2.24, 2.45) is 10.3 Å². The Morgan fingerprint density at radius 1 is 1.03 bits per heavy atom. The fourth-order valence-electron chi connectivity index (χ4n) is 4.30. The average molecular weight is 426 g/mol. The molecule has 0 aromatic heterocycles. The van der Waals surface area contributed by atoms with E-state index < -0.39 is 10.0 Å². The van der Waals surface area contributed by atoms with Crippen LogP contribution in [0.3, 0.4) is 0 Å². The summed E-state index contributed by atoms with van der Waals surface area (Å²) in [6.45, 7) is 5.40. The van der Waals surface area contributed by atoms with Gasteiger partial charge in [-0.15, -0.1) is 4.40 Å². The van der Waals surface area contributed by atoms with Gasteiger partial charge in [-0.25, -0.2) is 0 Å². The van der Waals surface area contributed by atoms with Crippen LogP contribution in [0, 0.1) is 5.92 Å². The highest BCUT2D eigenvalue weighted by molar-refractivity contribution is 7.90. The van der Waals surface area contributed by atoms with Crippen LogP contribution < -0.4 is 5.32 Å². The van der Waals surface area contributed by atoms with E-state index in [1.165, 1.54) is 0 Å². The van der Waals surface area contributed by atoms with Crippen molar-refractivity contribution < 1.29 is 13.2 Å². The van der Waals surface area contributed by atoms with Crippen molar-refractivity contribution in [2.45, 2.75) is 44.4 Å². The fraction of sp³-hybridized carbons (Fsp3) is 0.391. The van der Waals surface area contributed by atoms with Gasteiger partial charge in [-0.2, -0.15) is 8.42 Å². The molecule has 1 saturated heterocycles. The van der Waals surface area contributed by atoms with Gasteiger partial charge < -0.3 is 10.2 Å². The van der Waals surface area contributed by atoms with Gasteiger partial charge in [-0.1, -0.05) is 44.2 Å². The van der Waals surface area contributed by atoms with E-state index in [0.29, 0.717) is 37.3 Å². The van der Waals surface area contributed by atoms with Crippen molar-refractivity contribution in [2.75, 3.05) is 18.4 Å². The Kier molecular flexibility index (Phi) is 5.64. The Morgan fingerprint density at radius 2 is 1.67 bits per heavy atom. The quantitative estimate of drug-likeness (QED) is 0.812. The lowest BCUT2D eigenvalue weighted by atomic mass is 9.94. The molecule has 2 aliphatic rings. The number of carbonyl (C=O) groups excluding carboxylic acids is 1. The molecule has 1 N–H and O–H groups in total. The monoisotopic (exact) mass is 425 g/mol. The molecule has 0 spiro atoms. The number of sulfonamides is 1. The smallest absolute Gasteiger partial charge is 0.285 e. The van der Waals surface area contributed by atoms with Crippen LogP contribution in [-0.4, -0.2) is 38.2 Å². The molecule has 6 nitrogen and oxygen atoms in total. The topological polar surface area (TPSA) is 78.8 Å². The van der Waals surface area contributed by atoms with E-state index in [9.17, 15) is 13.2 Å². The lowest BCUT2D eigenvalue weighted by molar-refractivity contribution is -0.121. The predicted octanol–water partition coefficient (Wildman–Crippen LogP) is 3.61. The van der Waals surface area contributed by atoms with Crippen LogP contribution in [-0.2, 0) is 27.7 Å². The molecule has 7 heteroatoms. The van der Waals surface area contributed by atoms with Crippen molar-refractivity contribution in [3.05, 3.63) is 59.2 Å². The van der Waals surface area contributed by atoms with E-state index in [-0.39, 0.29) is 16.7 Å². The van der Waals surface area contributed by atoms with Crippen LogP contribution in [0.1, 0.15) is 43.4 Å². The number of piperidine rings is 1. The Balaban J connectivity index is 1.46. The molecular weight excluding hydrogens is 398 g/mol. The molecule has 0 unspecified atom stereocenters. The summed E-state index contributed by atoms with van der Waals surface area (Å²) in [6, 6.07) is 13.1. The number of anilines is 1. The summed E-state index contributed by atoms with van der Waals surface area (Å²) in [5, 5.41) is 3.18. The average Bonchev–Trinajstić information content (AvgIpc) is 3.05. The maximum Gasteiger partial charge on any atom is 0.285 e. The lowest BCUT2D eigenvalue weighted by Crippen LogP contribution is -2.41. The normalized spacial score (nSPS) is 18.1. The van der Waals surface area contributed by atoms with Gasteiger partial charge in [0.25, 0.3) is 10.0 Å². The molecule has 2 aromatic carbocycles. The molecule has 0 aliphatic carbocycles. The molecule has 0 bridgehead atoms. The Hall–Kier alpha value is -2.67. The van der Waals surface area contributed by atoms with Gasteiger partial charge in [0, 0.05) is 30.3 Å². The molecule has 1 fully saturated rings. The van der Waals surface area contributed by atoms with Crippen molar-refractivity contribution in [3.8, 4) is 0 Å². The lowest BCUT2D eigenvalue weighted by Gasteiger charge is -2.33. The van der Waals surface area contributed by atoms with E-state index in [1.807, 2.05) is 17.0 Å². The number of rotatable bonds is 4. The Bertz CT molecular complexity index is 1080. The highest BCUT2D eigenvalue weighted by Gasteiger charge is 2.34. The molecular formula is C23H27N3O3S. The zero-order chi connectivity index (χ0) is 21.3. The third-order valence-corrected chi connectivity index (χ3v) is 7.35. The van der Waals surface area contributed by atoms with E-state index in [0.717, 1.165) is 29.7 Å². The molecule has 2 heterocycles. The number of carbonyl (C=O) groups is 1. The summed E-state index contributed by atoms with van der Waals surface area (Å²) in [6.07, 6.45) is 3.08. The molecule has 30 heavy (non-hydrogen) atoms. The number of nitrogens with zero attached hydrogens (tertiary/aromatic N) is 2. The highest BCUT2D eigenvalue weighted by atomic mass is 32.2. The predicted molar refractivity (Wildman–Crippen MR) is 118 cm³/mol. The molecule has 0 atom stereocenters. The summed E-state index contributed by atoms with van der Waals surface area (Å²) in [5.74, 6) is 0.463. The van der Waals surface area contributed by atoms with E-state index in [1.54, 1.807) is 18.2 Å². The molecule has 0 saturated carbocycles. The van der Waals surface area contributed by atoms with E-state index in [2.05, 4.69) is 35.7 Å². The SMILES string of the molecule is CCc1cccc(CC)c1NC(=O)C1CCN(C2=NS(=O)(=O)c3ccccc32)CC1. The third kappa shape index (κ3) is 3.74. The van der Waals surface area contributed by atoms with Gasteiger partial charge in [0.1, 0.15) is 4.90 Å². The number of hydrogen-bond donors (Lipinski definition) is 1. The molecule has 1 amide bonds. The van der Waals surface area contributed by atoms with Crippen LogP contribution in [0.2, 0.25) is 0 Å². The third-order valence-electron chi connectivity index (χ3n) is 6.02. The maximum atomic E-state index is 13.0. The number of hydrogen-bond acceptors (Lipinski definition) is 4. The van der Waals surface area contributed by atoms with Crippen molar-refractivity contribution >= 4 is 27.5 Å². The Labute approximate surface area is 178 Å². The number of amidine groups is 1. The van der Waals surface area contributed by atoms with Crippen LogP contribution in [0.15, 0.2) is 51.8 Å². The summed E-state index contributed by atoms with van der Waals surface area (Å²) in [4.78, 5) is 15.2. The van der Waals surface area contributed by atoms with Gasteiger partial charge in [0.05, 0.1) is 0 Å². The molecule has 2 aliphatic heterocycles. The second-order valence-electron chi connectivity index (χ2n) is 7.80. The summed E-state index contributed by atoms with van der Waals surface area (Å²) >= 11 is 0. The fourth-order valence-corrected chi connectivity index (χ4v) is 5.53. The number of aryl methyl sites for hydroxylation is 2. The maximum absolute atomic E-state index is 13.0. The number of para-hydroxylation sites is 1. The minimum Gasteiger partial charge on any atom is -0.355 e. The van der Waals surface area contributed by atoms with Gasteiger partial charge in [0.15, 0.2) is 5.84 Å². The number of nitrogens with one attached hydrogen (secondary N) is 1. The first-order valence-corrected chi connectivity index (χ1v) is 12.0. The first-order valence-electron chi connectivity index (χ1n) is 10.6. The second-order valence-corrected chi connectivity index (χ2v) is 9.37. The van der Waals surface area contributed by atoms with Crippen molar-refractivity contribution in [1.82, 2.24) is 4.90 Å². The molecule has 0 radical (unpaired) electrons. The van der Waals surface area contributed by atoms with Crippen LogP contribution in [0.4, 0.5) is 5.69 Å². The van der Waals surface area contributed by atoms with E-state index >= 15 is 0 Å². The van der Waals surface area contributed by atoms with Gasteiger partial charge in [-0.05, 0) is 48.9 Å². The van der Waals surface area contributed by atoms with Gasteiger partial charge in [-0.3, -0.25) is 4.79 Å². The standard InChI is InChI=1S/C23H27N3O3S/c1-3-16-8-7-9-17(4-2)21(16)24-23(27)18-12-14-26(15-13-18)22-19-10-5-6-11-20(19)30(28,29)25-22/h5-11,18H,3-4,12-15H2,1-2H3,(H,24,27). The van der Waals surface area contributed by atoms with Gasteiger partial charge >= 0.3 is 0 Å². The summed E-state index contributed by atoms with van der Waals surface area (Å²) in [5.41, 5.74) is 3.92. The zero-order valence-electron chi connectivity index (χ0n) is 17.4. The largest absolute Gasteiger partial charge is 0.355 e. The number of likely N-dealkylation sites (tertiary alicyclic amines) is 1. The second kappa shape index (κ2) is 8.22. The number of benzene rings is 2. The first kappa shape index (κ1) is 20.6. The van der Waals surface area contributed by atoms with Crippen LogP contribution in [0.25, 0.3) is 0 Å². The minimum absolute atomic E-state index is 0.0478. The molecule has 158 valence electrons. The van der Waals surface area contributed by atoms with Gasteiger partial charge in [0.2, 0.25) is 5.91 Å². The zero-order valence-corrected chi connectivity index (χ0v) is 18.2.